The van der Waals surface area contributed by atoms with Crippen molar-refractivity contribution in [1.82, 2.24) is 9.88 Å². The molecule has 3 heterocycles. The van der Waals surface area contributed by atoms with E-state index in [0.29, 0.717) is 10.7 Å². The van der Waals surface area contributed by atoms with Gasteiger partial charge in [0.05, 0.1) is 6.04 Å². The van der Waals surface area contributed by atoms with Gasteiger partial charge >= 0.3 is 12.3 Å². The first-order valence-corrected chi connectivity index (χ1v) is 6.62. The van der Waals surface area contributed by atoms with E-state index in [-0.39, 0.29) is 19.5 Å². The third-order valence-electron chi connectivity index (χ3n) is 4.04. The molecule has 2 aliphatic rings. The van der Waals surface area contributed by atoms with Crippen molar-refractivity contribution in [2.75, 3.05) is 18.0 Å². The summed E-state index contributed by atoms with van der Waals surface area (Å²) in [5.74, 6) is -1.50. The van der Waals surface area contributed by atoms with E-state index in [4.69, 9.17) is 5.11 Å². The van der Waals surface area contributed by atoms with E-state index in [1.54, 1.807) is 17.0 Å². The van der Waals surface area contributed by atoms with Gasteiger partial charge in [-0.15, -0.1) is 0 Å². The molecule has 0 saturated carbocycles. The summed E-state index contributed by atoms with van der Waals surface area (Å²) >= 11 is 0. The Morgan fingerprint density at radius 1 is 1.32 bits per heavy atom. The van der Waals surface area contributed by atoms with Crippen LogP contribution in [-0.2, 0) is 11.2 Å². The van der Waals surface area contributed by atoms with Gasteiger partial charge in [0.2, 0.25) is 0 Å². The number of aromatic nitrogens is 1. The van der Waals surface area contributed by atoms with E-state index < -0.39 is 30.1 Å². The van der Waals surface area contributed by atoms with E-state index in [9.17, 15) is 22.8 Å². The summed E-state index contributed by atoms with van der Waals surface area (Å²) in [6.45, 7) is 0.0386. The van der Waals surface area contributed by atoms with Crippen molar-refractivity contribution < 1.29 is 27.9 Å². The largest absolute Gasteiger partial charge is 0.465 e. The second-order valence-corrected chi connectivity index (χ2v) is 5.23. The first-order chi connectivity index (χ1) is 10.3. The van der Waals surface area contributed by atoms with Gasteiger partial charge in [-0.25, -0.2) is 9.78 Å². The SMILES string of the molecule is O=C(O)N1CCN2c3ncccc3CC2C1C(=O)C(F)(F)F. The fourth-order valence-electron chi connectivity index (χ4n) is 3.16. The molecule has 2 aliphatic heterocycles. The number of anilines is 1. The van der Waals surface area contributed by atoms with Crippen LogP contribution in [0.25, 0.3) is 0 Å². The van der Waals surface area contributed by atoms with Crippen LogP contribution in [0.3, 0.4) is 0 Å². The number of ketones is 1. The molecular formula is C13H12F3N3O3. The smallest absolute Gasteiger partial charge is 0.452 e. The van der Waals surface area contributed by atoms with Crippen LogP contribution in [0.4, 0.5) is 23.8 Å². The van der Waals surface area contributed by atoms with Gasteiger partial charge in [0.25, 0.3) is 5.78 Å². The van der Waals surface area contributed by atoms with Gasteiger partial charge in [-0.3, -0.25) is 9.69 Å². The Balaban J connectivity index is 2.00. The average molecular weight is 315 g/mol. The number of rotatable bonds is 1. The maximum Gasteiger partial charge on any atom is 0.452 e. The number of amides is 1. The van der Waals surface area contributed by atoms with Crippen molar-refractivity contribution >= 4 is 17.7 Å². The Morgan fingerprint density at radius 2 is 2.05 bits per heavy atom. The van der Waals surface area contributed by atoms with E-state index in [1.165, 1.54) is 6.20 Å². The number of carbonyl (C=O) groups excluding carboxylic acids is 1. The van der Waals surface area contributed by atoms with Crippen molar-refractivity contribution in [2.24, 2.45) is 0 Å². The van der Waals surface area contributed by atoms with E-state index in [1.807, 2.05) is 0 Å². The van der Waals surface area contributed by atoms with Crippen LogP contribution in [0.1, 0.15) is 5.56 Å². The van der Waals surface area contributed by atoms with Crippen LogP contribution in [0.2, 0.25) is 0 Å². The Hall–Kier alpha value is -2.32. The van der Waals surface area contributed by atoms with Gasteiger partial charge in [-0.1, -0.05) is 6.07 Å². The molecular weight excluding hydrogens is 303 g/mol. The molecule has 0 spiro atoms. The van der Waals surface area contributed by atoms with Crippen molar-refractivity contribution in [3.63, 3.8) is 0 Å². The maximum atomic E-state index is 12.9. The van der Waals surface area contributed by atoms with E-state index in [0.717, 1.165) is 5.56 Å². The minimum absolute atomic E-state index is 0.166. The predicted octanol–water partition coefficient (Wildman–Crippen LogP) is 1.31. The van der Waals surface area contributed by atoms with Crippen LogP contribution in [0, 0.1) is 0 Å². The van der Waals surface area contributed by atoms with Crippen LogP contribution < -0.4 is 4.90 Å². The lowest BCUT2D eigenvalue weighted by Gasteiger charge is -2.43. The molecule has 2 unspecified atom stereocenters. The van der Waals surface area contributed by atoms with E-state index >= 15 is 0 Å². The number of nitrogens with zero attached hydrogens (tertiary/aromatic N) is 3. The minimum Gasteiger partial charge on any atom is -0.465 e. The topological polar surface area (TPSA) is 73.7 Å². The highest BCUT2D eigenvalue weighted by Crippen LogP contribution is 2.37. The predicted molar refractivity (Wildman–Crippen MR) is 68.7 cm³/mol. The summed E-state index contributed by atoms with van der Waals surface area (Å²) < 4.78 is 38.6. The number of Topliss-reactive ketones (excluding diaryl/α,β-unsaturated/α-hetero) is 1. The number of hydrogen-bond acceptors (Lipinski definition) is 4. The van der Waals surface area contributed by atoms with Crippen LogP contribution in [0.5, 0.6) is 0 Å². The second-order valence-electron chi connectivity index (χ2n) is 5.23. The summed E-state index contributed by atoms with van der Waals surface area (Å²) in [4.78, 5) is 29.3. The maximum absolute atomic E-state index is 12.9. The molecule has 0 bridgehead atoms. The van der Waals surface area contributed by atoms with Gasteiger partial charge in [0.15, 0.2) is 0 Å². The Morgan fingerprint density at radius 3 is 2.68 bits per heavy atom. The van der Waals surface area contributed by atoms with Gasteiger partial charge < -0.3 is 10.0 Å². The summed E-state index contributed by atoms with van der Waals surface area (Å²) in [5, 5.41) is 9.13. The molecule has 0 radical (unpaired) electrons. The number of carbonyl (C=O) groups is 2. The Bertz CT molecular complexity index is 634. The average Bonchev–Trinajstić information content (AvgIpc) is 2.82. The van der Waals surface area contributed by atoms with E-state index in [2.05, 4.69) is 4.98 Å². The van der Waals surface area contributed by atoms with Crippen LogP contribution in [0.15, 0.2) is 18.3 Å². The van der Waals surface area contributed by atoms with Crippen LogP contribution >= 0.6 is 0 Å². The van der Waals surface area contributed by atoms with Gasteiger partial charge in [-0.2, -0.15) is 13.2 Å². The standard InChI is InChI=1S/C13H12F3N3O3/c14-13(15,16)10(20)9-8-6-7-2-1-3-17-11(7)18(8)4-5-19(9)12(21)22/h1-3,8-9H,4-6H2,(H,21,22). The van der Waals surface area contributed by atoms with Crippen molar-refractivity contribution in [3.8, 4) is 0 Å². The van der Waals surface area contributed by atoms with Crippen molar-refractivity contribution in [3.05, 3.63) is 23.9 Å². The highest BCUT2D eigenvalue weighted by molar-refractivity contribution is 5.93. The molecule has 9 heteroatoms. The monoisotopic (exact) mass is 315 g/mol. The summed E-state index contributed by atoms with van der Waals surface area (Å²) in [7, 11) is 0. The molecule has 1 aromatic rings. The zero-order chi connectivity index (χ0) is 16.1. The Kier molecular flexibility index (Phi) is 3.22. The lowest BCUT2D eigenvalue weighted by molar-refractivity contribution is -0.177. The van der Waals surface area contributed by atoms with Gasteiger partial charge in [0.1, 0.15) is 11.9 Å². The summed E-state index contributed by atoms with van der Waals surface area (Å²) in [5.41, 5.74) is 0.722. The minimum atomic E-state index is -5.08. The number of fused-ring (bicyclic) bond motifs is 3. The molecule has 6 nitrogen and oxygen atoms in total. The molecule has 118 valence electrons. The third-order valence-corrected chi connectivity index (χ3v) is 4.04. The third kappa shape index (κ3) is 2.16. The molecule has 1 amide bonds. The number of hydrogen-bond donors (Lipinski definition) is 1. The van der Waals surface area contributed by atoms with Gasteiger partial charge in [0, 0.05) is 19.3 Å². The van der Waals surface area contributed by atoms with Crippen molar-refractivity contribution in [1.29, 1.82) is 0 Å². The molecule has 0 aliphatic carbocycles. The normalized spacial score (nSPS) is 24.0. The fourth-order valence-corrected chi connectivity index (χ4v) is 3.16. The number of piperazine rings is 1. The molecule has 2 atom stereocenters. The lowest BCUT2D eigenvalue weighted by atomic mass is 9.95. The number of carboxylic acid groups (broad SMARTS) is 1. The molecule has 0 aromatic carbocycles. The molecule has 3 rings (SSSR count). The van der Waals surface area contributed by atoms with Crippen LogP contribution in [-0.4, -0.2) is 58.2 Å². The highest BCUT2D eigenvalue weighted by Gasteiger charge is 2.54. The zero-order valence-electron chi connectivity index (χ0n) is 11.2. The first kappa shape index (κ1) is 14.6. The van der Waals surface area contributed by atoms with Gasteiger partial charge in [-0.05, 0) is 18.1 Å². The van der Waals surface area contributed by atoms with Crippen molar-refractivity contribution in [2.45, 2.75) is 24.7 Å². The summed E-state index contributed by atoms with van der Waals surface area (Å²) in [6.07, 6.45) is -4.92. The first-order valence-electron chi connectivity index (χ1n) is 6.62. The number of pyridine rings is 1. The molecule has 22 heavy (non-hydrogen) atoms. The molecule has 1 saturated heterocycles. The Labute approximate surface area is 123 Å². The molecule has 1 N–H and O–H groups in total. The lowest BCUT2D eigenvalue weighted by Crippen LogP contribution is -2.65. The second kappa shape index (κ2) is 4.85. The number of halogens is 3. The zero-order valence-corrected chi connectivity index (χ0v) is 11.2. The molecule has 1 aromatic heterocycles. The number of alkyl halides is 3. The highest BCUT2D eigenvalue weighted by atomic mass is 19.4. The summed E-state index contributed by atoms with van der Waals surface area (Å²) in [6, 6.07) is 0.748. The quantitative estimate of drug-likeness (QED) is 0.846. The fraction of sp³-hybridized carbons (Fsp3) is 0.462. The molecule has 1 fully saturated rings.